The summed E-state index contributed by atoms with van der Waals surface area (Å²) in [5.74, 6) is 0.733. The van der Waals surface area contributed by atoms with Crippen molar-refractivity contribution < 1.29 is 4.52 Å². The number of hydrogen-bond donors (Lipinski definition) is 1. The molecule has 1 aromatic rings. The molecule has 1 N–H and O–H groups in total. The van der Waals surface area contributed by atoms with Gasteiger partial charge in [-0.05, 0) is 25.6 Å². The Hall–Kier alpha value is -0.550. The van der Waals surface area contributed by atoms with Crippen LogP contribution < -0.4 is 5.32 Å². The smallest absolute Gasteiger partial charge is 0.244 e. The zero-order valence-corrected chi connectivity index (χ0v) is 7.73. The van der Waals surface area contributed by atoms with E-state index in [1.165, 1.54) is 18.2 Å². The van der Waals surface area contributed by atoms with Crippen molar-refractivity contribution in [3.05, 3.63) is 5.89 Å². The van der Waals surface area contributed by atoms with Gasteiger partial charge < -0.3 is 9.84 Å². The van der Waals surface area contributed by atoms with Gasteiger partial charge in [0, 0.05) is 0 Å². The van der Waals surface area contributed by atoms with Crippen molar-refractivity contribution in [2.45, 2.75) is 24.0 Å². The summed E-state index contributed by atoms with van der Waals surface area (Å²) in [6.45, 7) is 1.06. The van der Waals surface area contributed by atoms with Gasteiger partial charge in [-0.15, -0.1) is 0 Å². The Bertz CT molecular complexity index is 257. The van der Waals surface area contributed by atoms with Crippen LogP contribution in [0.4, 0.5) is 0 Å². The molecule has 0 radical (unpaired) electrons. The van der Waals surface area contributed by atoms with Gasteiger partial charge in [-0.1, -0.05) is 16.9 Å². The summed E-state index contributed by atoms with van der Waals surface area (Å²) in [6.07, 6.45) is 4.24. The molecule has 2 rings (SSSR count). The van der Waals surface area contributed by atoms with E-state index in [9.17, 15) is 0 Å². The van der Waals surface area contributed by atoms with Gasteiger partial charge in [0.05, 0.1) is 6.04 Å². The first-order valence-electron chi connectivity index (χ1n) is 4.01. The second-order valence-corrected chi connectivity index (χ2v) is 3.54. The molecule has 0 aromatic carbocycles. The monoisotopic (exact) mass is 185 g/mol. The molecule has 1 fully saturated rings. The van der Waals surface area contributed by atoms with Gasteiger partial charge in [-0.2, -0.15) is 4.98 Å². The predicted molar refractivity (Wildman–Crippen MR) is 46.1 cm³/mol. The van der Waals surface area contributed by atoms with Crippen LogP contribution >= 0.6 is 11.8 Å². The molecule has 1 unspecified atom stereocenters. The van der Waals surface area contributed by atoms with Crippen molar-refractivity contribution in [3.63, 3.8) is 0 Å². The van der Waals surface area contributed by atoms with Gasteiger partial charge >= 0.3 is 0 Å². The molecular formula is C7H11N3OS. The first-order chi connectivity index (χ1) is 5.90. The molecular weight excluding hydrogens is 174 g/mol. The van der Waals surface area contributed by atoms with Gasteiger partial charge in [0.1, 0.15) is 0 Å². The highest BCUT2D eigenvalue weighted by Gasteiger charge is 2.21. The minimum atomic E-state index is 0.290. The summed E-state index contributed by atoms with van der Waals surface area (Å²) in [7, 11) is 0. The molecule has 0 aliphatic carbocycles. The molecule has 0 bridgehead atoms. The van der Waals surface area contributed by atoms with E-state index in [-0.39, 0.29) is 0 Å². The Labute approximate surface area is 75.1 Å². The quantitative estimate of drug-likeness (QED) is 0.702. The van der Waals surface area contributed by atoms with E-state index < -0.39 is 0 Å². The fraction of sp³-hybridized carbons (Fsp3) is 0.714. The summed E-state index contributed by atoms with van der Waals surface area (Å²) in [6, 6.07) is 0.290. The van der Waals surface area contributed by atoms with E-state index in [4.69, 9.17) is 4.52 Å². The number of thioether (sulfide) groups is 1. The van der Waals surface area contributed by atoms with Crippen LogP contribution in [0.1, 0.15) is 24.8 Å². The highest BCUT2D eigenvalue weighted by Crippen LogP contribution is 2.22. The van der Waals surface area contributed by atoms with Gasteiger partial charge in [-0.25, -0.2) is 0 Å². The summed E-state index contributed by atoms with van der Waals surface area (Å²) >= 11 is 1.50. The predicted octanol–water partition coefficient (Wildman–Crippen LogP) is 1.22. The third kappa shape index (κ3) is 1.47. The zero-order valence-electron chi connectivity index (χ0n) is 6.91. The normalized spacial score (nSPS) is 23.2. The number of hydrogen-bond acceptors (Lipinski definition) is 5. The van der Waals surface area contributed by atoms with E-state index in [2.05, 4.69) is 15.5 Å². The van der Waals surface area contributed by atoms with Crippen molar-refractivity contribution in [2.24, 2.45) is 0 Å². The average molecular weight is 185 g/mol. The molecule has 0 amide bonds. The fourth-order valence-electron chi connectivity index (χ4n) is 1.34. The van der Waals surface area contributed by atoms with Crippen molar-refractivity contribution >= 4 is 11.8 Å². The first-order valence-corrected chi connectivity index (χ1v) is 5.23. The van der Waals surface area contributed by atoms with Crippen LogP contribution in [0.5, 0.6) is 0 Å². The first kappa shape index (κ1) is 8.07. The molecule has 1 atom stereocenters. The molecule has 4 nitrogen and oxygen atoms in total. The molecule has 1 aromatic heterocycles. The Morgan fingerprint density at radius 3 is 3.17 bits per heavy atom. The maximum absolute atomic E-state index is 5.10. The Morgan fingerprint density at radius 2 is 2.58 bits per heavy atom. The Balaban J connectivity index is 2.11. The van der Waals surface area contributed by atoms with Crippen LogP contribution in [-0.2, 0) is 0 Å². The number of aromatic nitrogens is 2. The number of nitrogens with one attached hydrogen (secondary N) is 1. The number of rotatable bonds is 2. The van der Waals surface area contributed by atoms with Crippen LogP contribution in [0.25, 0.3) is 0 Å². The molecule has 1 aliphatic heterocycles. The maximum atomic E-state index is 5.10. The highest BCUT2D eigenvalue weighted by molar-refractivity contribution is 7.98. The SMILES string of the molecule is CSc1noc(C2CCCN2)n1. The Morgan fingerprint density at radius 1 is 1.67 bits per heavy atom. The van der Waals surface area contributed by atoms with Crippen LogP contribution in [0.2, 0.25) is 0 Å². The molecule has 1 saturated heterocycles. The lowest BCUT2D eigenvalue weighted by Gasteiger charge is -2.00. The van der Waals surface area contributed by atoms with Crippen LogP contribution in [0.3, 0.4) is 0 Å². The molecule has 2 heterocycles. The minimum Gasteiger partial charge on any atom is -0.337 e. The van der Waals surface area contributed by atoms with Crippen LogP contribution in [0.15, 0.2) is 9.68 Å². The van der Waals surface area contributed by atoms with Crippen LogP contribution in [0, 0.1) is 0 Å². The van der Waals surface area contributed by atoms with Gasteiger partial charge in [0.25, 0.3) is 0 Å². The minimum absolute atomic E-state index is 0.290. The van der Waals surface area contributed by atoms with E-state index in [0.717, 1.165) is 24.0 Å². The molecule has 1 aliphatic rings. The highest BCUT2D eigenvalue weighted by atomic mass is 32.2. The Kier molecular flexibility index (Phi) is 2.32. The average Bonchev–Trinajstić information content (AvgIpc) is 2.75. The second-order valence-electron chi connectivity index (χ2n) is 2.77. The lowest BCUT2D eigenvalue weighted by molar-refractivity contribution is 0.338. The molecule has 5 heteroatoms. The van der Waals surface area contributed by atoms with Gasteiger partial charge in [-0.3, -0.25) is 0 Å². The van der Waals surface area contributed by atoms with Crippen molar-refractivity contribution in [3.8, 4) is 0 Å². The summed E-state index contributed by atoms with van der Waals surface area (Å²) in [4.78, 5) is 4.23. The van der Waals surface area contributed by atoms with Gasteiger partial charge in [0.2, 0.25) is 11.0 Å². The van der Waals surface area contributed by atoms with Gasteiger partial charge in [0.15, 0.2) is 0 Å². The topological polar surface area (TPSA) is 51.0 Å². The largest absolute Gasteiger partial charge is 0.337 e. The molecule has 12 heavy (non-hydrogen) atoms. The molecule has 0 saturated carbocycles. The van der Waals surface area contributed by atoms with E-state index >= 15 is 0 Å². The second kappa shape index (κ2) is 3.45. The number of nitrogens with zero attached hydrogens (tertiary/aromatic N) is 2. The van der Waals surface area contributed by atoms with Crippen molar-refractivity contribution in [1.82, 2.24) is 15.5 Å². The van der Waals surface area contributed by atoms with E-state index in [1.807, 2.05) is 6.26 Å². The standard InChI is InChI=1S/C7H11N3OS/c1-12-7-9-6(11-10-7)5-3-2-4-8-5/h5,8H,2-4H2,1H3. The molecule has 66 valence electrons. The third-order valence-corrected chi connectivity index (χ3v) is 2.50. The third-order valence-electron chi connectivity index (χ3n) is 1.96. The van der Waals surface area contributed by atoms with E-state index in [1.54, 1.807) is 0 Å². The van der Waals surface area contributed by atoms with E-state index in [0.29, 0.717) is 6.04 Å². The lowest BCUT2D eigenvalue weighted by Crippen LogP contribution is -2.12. The fourth-order valence-corrected chi connectivity index (χ4v) is 1.63. The summed E-state index contributed by atoms with van der Waals surface area (Å²) in [5, 5.41) is 7.84. The summed E-state index contributed by atoms with van der Waals surface area (Å²) in [5.41, 5.74) is 0. The summed E-state index contributed by atoms with van der Waals surface area (Å²) < 4.78 is 5.10. The van der Waals surface area contributed by atoms with Crippen molar-refractivity contribution in [1.29, 1.82) is 0 Å². The zero-order chi connectivity index (χ0) is 8.39. The van der Waals surface area contributed by atoms with Crippen LogP contribution in [-0.4, -0.2) is 22.9 Å². The molecule has 0 spiro atoms. The van der Waals surface area contributed by atoms with Crippen molar-refractivity contribution in [2.75, 3.05) is 12.8 Å². The lowest BCUT2D eigenvalue weighted by atomic mass is 10.2. The maximum Gasteiger partial charge on any atom is 0.244 e.